The first-order valence-corrected chi connectivity index (χ1v) is 7.56. The molecule has 1 aromatic rings. The fourth-order valence-electron chi connectivity index (χ4n) is 3.67. The van der Waals surface area contributed by atoms with Crippen molar-refractivity contribution in [2.75, 3.05) is 25.4 Å². The number of hydrogen-bond acceptors (Lipinski definition) is 3. The number of fused-ring (bicyclic) bond motifs is 1. The first-order valence-electron chi connectivity index (χ1n) is 7.56. The Bertz CT molecular complexity index is 421. The Morgan fingerprint density at radius 3 is 2.89 bits per heavy atom. The van der Waals surface area contributed by atoms with Crippen molar-refractivity contribution in [3.63, 3.8) is 0 Å². The molecule has 3 rings (SSSR count). The zero-order valence-electron chi connectivity index (χ0n) is 11.6. The largest absolute Gasteiger partial charge is 0.490 e. The summed E-state index contributed by atoms with van der Waals surface area (Å²) in [7, 11) is 0. The van der Waals surface area contributed by atoms with Crippen molar-refractivity contribution in [1.82, 2.24) is 4.90 Å². The van der Waals surface area contributed by atoms with Crippen LogP contribution in [0.4, 0.5) is 5.69 Å². The highest BCUT2D eigenvalue weighted by Crippen LogP contribution is 2.35. The topological polar surface area (TPSA) is 38.5 Å². The van der Waals surface area contributed by atoms with Crippen LogP contribution >= 0.6 is 0 Å². The molecule has 1 aliphatic carbocycles. The standard InChI is InChI=1S/C16H24N2O/c17-14-6-2-4-8-16(14)19-12-11-18-10-9-13-5-1-3-7-15(13)18/h2,4,6,8,13,15H,1,3,5,7,9-12,17H2. The zero-order valence-corrected chi connectivity index (χ0v) is 11.6. The molecule has 2 aliphatic rings. The number of para-hydroxylation sites is 2. The third-order valence-electron chi connectivity index (χ3n) is 4.68. The summed E-state index contributed by atoms with van der Waals surface area (Å²) in [5.74, 6) is 1.78. The fraction of sp³-hybridized carbons (Fsp3) is 0.625. The van der Waals surface area contributed by atoms with E-state index in [-0.39, 0.29) is 0 Å². The van der Waals surface area contributed by atoms with E-state index >= 15 is 0 Å². The Morgan fingerprint density at radius 1 is 1.16 bits per heavy atom. The van der Waals surface area contributed by atoms with Crippen LogP contribution in [0.3, 0.4) is 0 Å². The van der Waals surface area contributed by atoms with Crippen LogP contribution in [0.1, 0.15) is 32.1 Å². The van der Waals surface area contributed by atoms with E-state index in [0.717, 1.165) is 36.5 Å². The van der Waals surface area contributed by atoms with E-state index in [4.69, 9.17) is 10.5 Å². The number of nitrogens with two attached hydrogens (primary N) is 1. The van der Waals surface area contributed by atoms with E-state index in [2.05, 4.69) is 4.90 Å². The van der Waals surface area contributed by atoms with E-state index in [9.17, 15) is 0 Å². The van der Waals surface area contributed by atoms with Crippen LogP contribution in [0, 0.1) is 5.92 Å². The number of ether oxygens (including phenoxy) is 1. The summed E-state index contributed by atoms with van der Waals surface area (Å²) >= 11 is 0. The smallest absolute Gasteiger partial charge is 0.142 e. The average Bonchev–Trinajstić information content (AvgIpc) is 2.85. The van der Waals surface area contributed by atoms with Crippen molar-refractivity contribution >= 4 is 5.69 Å². The Hall–Kier alpha value is -1.22. The average molecular weight is 260 g/mol. The second-order valence-electron chi connectivity index (χ2n) is 5.82. The highest BCUT2D eigenvalue weighted by Gasteiger charge is 2.35. The Labute approximate surface area is 115 Å². The molecule has 2 N–H and O–H groups in total. The second kappa shape index (κ2) is 5.83. The first kappa shape index (κ1) is 12.8. The summed E-state index contributed by atoms with van der Waals surface area (Å²) in [4.78, 5) is 2.63. The van der Waals surface area contributed by atoms with Crippen molar-refractivity contribution < 1.29 is 4.74 Å². The summed E-state index contributed by atoms with van der Waals surface area (Å²) in [6.07, 6.45) is 7.06. The van der Waals surface area contributed by atoms with Crippen LogP contribution in [-0.2, 0) is 0 Å². The Balaban J connectivity index is 1.49. The van der Waals surface area contributed by atoms with Crippen molar-refractivity contribution in [3.8, 4) is 5.75 Å². The van der Waals surface area contributed by atoms with Gasteiger partial charge >= 0.3 is 0 Å². The monoisotopic (exact) mass is 260 g/mol. The Kier molecular flexibility index (Phi) is 3.92. The summed E-state index contributed by atoms with van der Waals surface area (Å²) in [6, 6.07) is 8.57. The van der Waals surface area contributed by atoms with Gasteiger partial charge in [-0.15, -0.1) is 0 Å². The number of hydrogen-bond donors (Lipinski definition) is 1. The van der Waals surface area contributed by atoms with E-state index in [1.807, 2.05) is 24.3 Å². The lowest BCUT2D eigenvalue weighted by molar-refractivity contribution is 0.155. The van der Waals surface area contributed by atoms with Gasteiger partial charge in [-0.2, -0.15) is 0 Å². The third-order valence-corrected chi connectivity index (χ3v) is 4.68. The maximum atomic E-state index is 5.88. The number of nitrogens with zero attached hydrogens (tertiary/aromatic N) is 1. The van der Waals surface area contributed by atoms with Crippen LogP contribution in [0.15, 0.2) is 24.3 Å². The van der Waals surface area contributed by atoms with Crippen molar-refractivity contribution in [2.24, 2.45) is 5.92 Å². The zero-order chi connectivity index (χ0) is 13.1. The molecule has 0 radical (unpaired) electrons. The molecule has 1 aliphatic heterocycles. The Morgan fingerprint density at radius 2 is 2.00 bits per heavy atom. The number of likely N-dealkylation sites (tertiary alicyclic amines) is 1. The summed E-state index contributed by atoms with van der Waals surface area (Å²) in [5.41, 5.74) is 6.62. The predicted octanol–water partition coefficient (Wildman–Crippen LogP) is 2.91. The van der Waals surface area contributed by atoms with Crippen molar-refractivity contribution in [3.05, 3.63) is 24.3 Å². The van der Waals surface area contributed by atoms with Gasteiger partial charge in [-0.25, -0.2) is 0 Å². The number of rotatable bonds is 4. The van der Waals surface area contributed by atoms with Gasteiger partial charge in [0.15, 0.2) is 0 Å². The molecule has 0 aromatic heterocycles. The normalized spacial score (nSPS) is 27.2. The van der Waals surface area contributed by atoms with Gasteiger partial charge in [0, 0.05) is 12.6 Å². The highest BCUT2D eigenvalue weighted by atomic mass is 16.5. The van der Waals surface area contributed by atoms with E-state index < -0.39 is 0 Å². The molecule has 3 heteroatoms. The van der Waals surface area contributed by atoms with Gasteiger partial charge in [-0.05, 0) is 43.9 Å². The molecule has 2 fully saturated rings. The second-order valence-corrected chi connectivity index (χ2v) is 5.82. The van der Waals surface area contributed by atoms with Crippen LogP contribution in [0.2, 0.25) is 0 Å². The van der Waals surface area contributed by atoms with E-state index in [1.54, 1.807) is 0 Å². The fourth-order valence-corrected chi connectivity index (χ4v) is 3.67. The molecule has 1 heterocycles. The van der Waals surface area contributed by atoms with Gasteiger partial charge in [-0.3, -0.25) is 4.90 Å². The molecule has 104 valence electrons. The third kappa shape index (κ3) is 2.86. The predicted molar refractivity (Wildman–Crippen MR) is 78.3 cm³/mol. The molecule has 1 saturated carbocycles. The molecule has 1 saturated heterocycles. The molecule has 19 heavy (non-hydrogen) atoms. The minimum Gasteiger partial charge on any atom is -0.490 e. The van der Waals surface area contributed by atoms with Gasteiger partial charge in [0.2, 0.25) is 0 Å². The maximum Gasteiger partial charge on any atom is 0.142 e. The molecule has 1 aromatic carbocycles. The number of benzene rings is 1. The van der Waals surface area contributed by atoms with E-state index in [1.165, 1.54) is 38.6 Å². The van der Waals surface area contributed by atoms with Gasteiger partial charge in [0.25, 0.3) is 0 Å². The molecule has 0 spiro atoms. The van der Waals surface area contributed by atoms with Gasteiger partial charge in [-0.1, -0.05) is 25.0 Å². The van der Waals surface area contributed by atoms with Crippen LogP contribution < -0.4 is 10.5 Å². The van der Waals surface area contributed by atoms with Gasteiger partial charge in [0.05, 0.1) is 5.69 Å². The SMILES string of the molecule is Nc1ccccc1OCCN1CCC2CCCCC21. The minimum absolute atomic E-state index is 0.736. The van der Waals surface area contributed by atoms with Gasteiger partial charge < -0.3 is 10.5 Å². The molecular formula is C16H24N2O. The van der Waals surface area contributed by atoms with Crippen molar-refractivity contribution in [2.45, 2.75) is 38.1 Å². The van der Waals surface area contributed by atoms with Crippen molar-refractivity contribution in [1.29, 1.82) is 0 Å². The first-order chi connectivity index (χ1) is 9.34. The van der Waals surface area contributed by atoms with Crippen LogP contribution in [0.5, 0.6) is 5.75 Å². The molecular weight excluding hydrogens is 236 g/mol. The number of nitrogen functional groups attached to an aromatic ring is 1. The number of anilines is 1. The summed E-state index contributed by atoms with van der Waals surface area (Å²) in [6.45, 7) is 3.04. The molecule has 0 bridgehead atoms. The van der Waals surface area contributed by atoms with E-state index in [0.29, 0.717) is 0 Å². The van der Waals surface area contributed by atoms with Crippen LogP contribution in [-0.4, -0.2) is 30.6 Å². The lowest BCUT2D eigenvalue weighted by atomic mass is 9.85. The van der Waals surface area contributed by atoms with Gasteiger partial charge in [0.1, 0.15) is 12.4 Å². The maximum absolute atomic E-state index is 5.88. The molecule has 0 amide bonds. The lowest BCUT2D eigenvalue weighted by Gasteiger charge is -2.31. The molecule has 2 atom stereocenters. The summed E-state index contributed by atoms with van der Waals surface area (Å²) < 4.78 is 5.81. The van der Waals surface area contributed by atoms with Crippen LogP contribution in [0.25, 0.3) is 0 Å². The molecule has 3 nitrogen and oxygen atoms in total. The summed E-state index contributed by atoms with van der Waals surface area (Å²) in [5, 5.41) is 0. The quantitative estimate of drug-likeness (QED) is 0.846. The lowest BCUT2D eigenvalue weighted by Crippen LogP contribution is -2.37. The highest BCUT2D eigenvalue weighted by molar-refractivity contribution is 5.51. The minimum atomic E-state index is 0.736. The molecule has 2 unspecified atom stereocenters.